The smallest absolute Gasteiger partial charge is 0.332 e. The topological polar surface area (TPSA) is 278 Å². The molecule has 0 unspecified atom stereocenters. The molecule has 0 spiro atoms. The minimum atomic E-state index is -0.394. The summed E-state index contributed by atoms with van der Waals surface area (Å²) >= 11 is 0. The van der Waals surface area contributed by atoms with E-state index in [1.54, 1.807) is 76.3 Å². The number of imide groups is 1. The van der Waals surface area contributed by atoms with Crippen molar-refractivity contribution >= 4 is 128 Å². The number of benzene rings is 9. The van der Waals surface area contributed by atoms with Gasteiger partial charge in [-0.15, -0.1) is 0 Å². The van der Waals surface area contributed by atoms with Gasteiger partial charge in [-0.05, 0) is 186 Å². The second kappa shape index (κ2) is 67.7. The lowest BCUT2D eigenvalue weighted by molar-refractivity contribution is -0.136. The van der Waals surface area contributed by atoms with Gasteiger partial charge in [-0.25, -0.2) is 9.59 Å². The molecule has 0 bridgehead atoms. The number of likely N-dealkylation sites (N-methyl/N-ethyl adjacent to an activating group) is 1. The summed E-state index contributed by atoms with van der Waals surface area (Å²) in [5.41, 5.74) is 16.4. The molecule has 0 N–H and O–H groups in total. The molecule has 0 saturated carbocycles. The lowest BCUT2D eigenvalue weighted by atomic mass is 9.90. The summed E-state index contributed by atoms with van der Waals surface area (Å²) in [5.74, 6) is -1.50. The molecule has 10 rings (SSSR count). The largest absolute Gasteiger partial charge is 0.466 e. The molecule has 1 aliphatic rings. The van der Waals surface area contributed by atoms with Gasteiger partial charge in [-0.3, -0.25) is 67.2 Å². The lowest BCUT2D eigenvalue weighted by Crippen LogP contribution is -2.24. The van der Waals surface area contributed by atoms with Gasteiger partial charge in [0.15, 0.2) is 63.6 Å². The average molecular weight is 1750 g/mol. The van der Waals surface area contributed by atoms with Crippen LogP contribution in [-0.2, 0) is 62.2 Å². The van der Waals surface area contributed by atoms with E-state index in [4.69, 9.17) is 0 Å². The number of hydrogen-bond donors (Lipinski definition) is 0. The number of methoxy groups -OCH3 is 2. The molecule has 0 aliphatic carbocycles. The normalized spacial score (nSPS) is 10.5. The summed E-state index contributed by atoms with van der Waals surface area (Å²) < 4.78 is 8.42. The fourth-order valence-electron chi connectivity index (χ4n) is 9.70. The van der Waals surface area contributed by atoms with Crippen LogP contribution in [0, 0.1) is 27.7 Å². The van der Waals surface area contributed by atoms with Crippen molar-refractivity contribution in [3.63, 3.8) is 0 Å². The van der Waals surface area contributed by atoms with E-state index in [-0.39, 0.29) is 81.4 Å². The lowest BCUT2D eigenvalue weighted by Gasteiger charge is -2.12. The molecule has 18 nitrogen and oxygen atoms in total. The Morgan fingerprint density at radius 2 is 0.638 bits per heavy atom. The summed E-state index contributed by atoms with van der Waals surface area (Å²) in [6, 6.07) is 74.1. The van der Waals surface area contributed by atoms with E-state index in [1.807, 2.05) is 247 Å². The number of carbonyl (C=O) groups is 15. The molecular weight excluding hydrogens is 1630 g/mol. The summed E-state index contributed by atoms with van der Waals surface area (Å²) in [6.07, 6.45) is 23.1. The van der Waals surface area contributed by atoms with Gasteiger partial charge in [-0.1, -0.05) is 328 Å². The number of Topliss-reactive ketones (excluding diaryl/α,β-unsaturated/α-hetero) is 5. The molecule has 2 amide bonds. The fourth-order valence-corrected chi connectivity index (χ4v) is 9.70. The second-order valence-corrected chi connectivity index (χ2v) is 28.0. The zero-order valence-corrected chi connectivity index (χ0v) is 78.1. The maximum atomic E-state index is 12.1. The van der Waals surface area contributed by atoms with Crippen molar-refractivity contribution in [3.05, 3.63) is 425 Å². The number of ketones is 11. The zero-order chi connectivity index (χ0) is 98.8. The Morgan fingerprint density at radius 1 is 0.323 bits per heavy atom. The number of amides is 2. The highest BCUT2D eigenvalue weighted by Crippen LogP contribution is 2.28. The van der Waals surface area contributed by atoms with Crippen LogP contribution >= 0.6 is 0 Å². The minimum Gasteiger partial charge on any atom is -0.466 e. The first-order valence-corrected chi connectivity index (χ1v) is 40.7. The van der Waals surface area contributed by atoms with E-state index in [0.717, 1.165) is 66.6 Å². The Labute approximate surface area is 767 Å². The molecule has 676 valence electrons. The van der Waals surface area contributed by atoms with Crippen molar-refractivity contribution in [3.8, 4) is 0 Å². The fraction of sp³-hybridized carbons (Fsp3) is 0.170. The first-order valence-electron chi connectivity index (χ1n) is 40.7. The quantitative estimate of drug-likeness (QED) is 0.0200. The Bertz CT molecular complexity index is 5390. The first kappa shape index (κ1) is 116. The van der Waals surface area contributed by atoms with Crippen LogP contribution in [0.3, 0.4) is 0 Å². The average Bonchev–Trinajstić information content (AvgIpc) is 0.866. The van der Waals surface area contributed by atoms with Crippen molar-refractivity contribution in [1.29, 1.82) is 0 Å². The zero-order valence-electron chi connectivity index (χ0n) is 78.1. The molecule has 18 heteroatoms. The predicted molar refractivity (Wildman–Crippen MR) is 529 cm³/mol. The third-order valence-corrected chi connectivity index (χ3v) is 16.7. The van der Waals surface area contributed by atoms with Crippen LogP contribution < -0.4 is 0 Å². The number of aryl methyl sites for hydroxylation is 4. The number of allylic oxidation sites excluding steroid dienone is 11. The van der Waals surface area contributed by atoms with Crippen LogP contribution in [0.2, 0.25) is 0 Å². The van der Waals surface area contributed by atoms with Gasteiger partial charge in [0.1, 0.15) is 0 Å². The van der Waals surface area contributed by atoms with E-state index >= 15 is 0 Å². The summed E-state index contributed by atoms with van der Waals surface area (Å²) in [4.78, 5) is 163. The van der Waals surface area contributed by atoms with Crippen molar-refractivity contribution in [1.82, 2.24) is 4.90 Å². The second-order valence-electron chi connectivity index (χ2n) is 28.0. The van der Waals surface area contributed by atoms with E-state index < -0.39 is 5.97 Å². The molecular formula is C112H121NO17. The van der Waals surface area contributed by atoms with Crippen LogP contribution in [0.1, 0.15) is 186 Å². The van der Waals surface area contributed by atoms with E-state index in [1.165, 1.54) is 122 Å². The highest BCUT2D eigenvalue weighted by Gasteiger charge is 2.20. The molecule has 1 heterocycles. The van der Waals surface area contributed by atoms with Crippen LogP contribution in [0.25, 0.3) is 41.0 Å². The first-order chi connectivity index (χ1) is 61.5. The Hall–Kier alpha value is -15.7. The van der Waals surface area contributed by atoms with Crippen molar-refractivity contribution in [2.45, 2.75) is 111 Å². The number of rotatable bonds is 22. The van der Waals surface area contributed by atoms with Crippen LogP contribution in [0.4, 0.5) is 0 Å². The highest BCUT2D eigenvalue weighted by molar-refractivity contribution is 6.39. The molecule has 0 fully saturated rings. The van der Waals surface area contributed by atoms with Gasteiger partial charge < -0.3 is 9.47 Å². The third-order valence-electron chi connectivity index (χ3n) is 16.7. The van der Waals surface area contributed by atoms with Gasteiger partial charge in [0.2, 0.25) is 0 Å². The van der Waals surface area contributed by atoms with Gasteiger partial charge in [0.25, 0.3) is 11.8 Å². The molecule has 0 radical (unpaired) electrons. The molecule has 0 atom stereocenters. The summed E-state index contributed by atoms with van der Waals surface area (Å²) in [6.45, 7) is 44.1. The SMILES string of the molecule is C/C=C\C(=O)c1ccc(C)cc1.C/C=C\c1ccc(C(C)=O)cc1.C=C(C)C(=O)OC.C=CC(=O)OC.C=CC(=O)c1ccc(C)cc1.C=Cc1ccc(C(C)=O)cc1.C=Cc1ccc(C)cc1.CC(=O)/C(=C(\C(C)=O)c1ccccc1)c1ccccc1.CC(=O)/C=C(\C(C)=O)c1ccccc1.CC(=O)/C=C\C(C)=O.CC(=O)/C=C\c1ccc(C)cc1.CN1C(=O)C=CC1=O. The number of nitrogens with zero attached hydrogens (tertiary/aromatic N) is 1. The Kier molecular flexibility index (Phi) is 60.6. The van der Waals surface area contributed by atoms with Crippen molar-refractivity contribution in [2.75, 3.05) is 21.3 Å². The van der Waals surface area contributed by atoms with Gasteiger partial charge in [0, 0.05) is 69.8 Å². The van der Waals surface area contributed by atoms with Gasteiger partial charge in [-0.2, -0.15) is 0 Å². The molecule has 1 aliphatic heterocycles. The molecule has 0 aromatic heterocycles. The molecule has 9 aromatic rings. The van der Waals surface area contributed by atoms with Crippen LogP contribution in [0.15, 0.2) is 342 Å². The third kappa shape index (κ3) is 53.5. The van der Waals surface area contributed by atoms with E-state index in [9.17, 15) is 71.9 Å². The number of hydrogen-bond acceptors (Lipinski definition) is 17. The predicted octanol–water partition coefficient (Wildman–Crippen LogP) is 23.2. The Morgan fingerprint density at radius 3 is 0.885 bits per heavy atom. The standard InChI is InChI=1S/C18H16O2.C12H12O2.3C11H12O.2C10H10O.C9H10.C6H8O2.C5H5NO2.C5H8O2.C4H6O2/c1-13(19)17(15-9-5-3-6-10-15)18(14(2)20)16-11-7-4-8-12-16;1-9(13)8-12(10(2)14)11-6-4-3-5-7-11;1-9-3-6-11(7-4-9)8-5-10(2)12;1-3-4-10-5-7-11(8-6-10)9(2)12;1-3-4-11(12)10-7-5-9(2)6-8-10;1-3-9-4-6-10(7-5-9)8(2)11;1-3-10(11)9-6-4-8(2)5-7-9;1-3-9-6-4-8(2)5-7-9;1-5(7)3-4-6(2)8;1-6-4(7)2-3-5(6)8;1-4(2)5(6)7-3;1-3-4(5)6-2/h3-12H,1-2H3;3-8H,1-2H3;3*3-8H,1-2H3;2*3-7H,1H2,2H3;3-7H,1H2,2H3;3-4H,1-2H3;2-3H,1H3;1H2,2-3H3;3H,1H2,2H3/b18-17-;12-8+;8-5-;2*4-3-;;;;4-3-;;;. The molecule has 130 heavy (non-hydrogen) atoms. The van der Waals surface area contributed by atoms with Crippen molar-refractivity contribution < 1.29 is 81.4 Å². The minimum absolute atomic E-state index is 0.0231. The van der Waals surface area contributed by atoms with E-state index in [0.29, 0.717) is 27.9 Å². The molecule has 0 saturated heterocycles. The van der Waals surface area contributed by atoms with Gasteiger partial charge in [0.05, 0.1) is 14.2 Å². The summed E-state index contributed by atoms with van der Waals surface area (Å²) in [5, 5.41) is 0. The Balaban J connectivity index is 0. The van der Waals surface area contributed by atoms with Gasteiger partial charge >= 0.3 is 11.9 Å². The van der Waals surface area contributed by atoms with Crippen LogP contribution in [0.5, 0.6) is 0 Å². The van der Waals surface area contributed by atoms with E-state index in [2.05, 4.69) is 73.6 Å². The van der Waals surface area contributed by atoms with Crippen LogP contribution in [-0.4, -0.2) is 114 Å². The number of ether oxygens (including phenoxy) is 2. The number of carbonyl (C=O) groups excluding carboxylic acids is 15. The maximum absolute atomic E-state index is 12.1. The monoisotopic (exact) mass is 1750 g/mol. The number of esters is 2. The highest BCUT2D eigenvalue weighted by atomic mass is 16.5. The maximum Gasteiger partial charge on any atom is 0.332 e. The molecule has 9 aromatic carbocycles. The van der Waals surface area contributed by atoms with Crippen molar-refractivity contribution in [2.24, 2.45) is 0 Å². The summed E-state index contributed by atoms with van der Waals surface area (Å²) in [7, 11) is 4.09.